The molecule has 1 aromatic rings. The molecule has 0 bridgehead atoms. The summed E-state index contributed by atoms with van der Waals surface area (Å²) in [5.74, 6) is -0.0371. The van der Waals surface area contributed by atoms with Crippen LogP contribution in [0.4, 0.5) is 0 Å². The Balaban J connectivity index is 1.76. The summed E-state index contributed by atoms with van der Waals surface area (Å²) in [6.45, 7) is 1.03. The molecule has 1 aliphatic carbocycles. The molecule has 0 aromatic heterocycles. The molecule has 1 saturated carbocycles. The first kappa shape index (κ1) is 12.2. The van der Waals surface area contributed by atoms with Crippen LogP contribution in [0.5, 0.6) is 0 Å². The summed E-state index contributed by atoms with van der Waals surface area (Å²) in [4.78, 5) is 13.9. The van der Waals surface area contributed by atoms with Crippen molar-refractivity contribution in [3.63, 3.8) is 0 Å². The number of hydrogen-bond donors (Lipinski definition) is 1. The van der Waals surface area contributed by atoms with Crippen molar-refractivity contribution >= 4 is 5.91 Å². The van der Waals surface area contributed by atoms with Crippen molar-refractivity contribution in [3.05, 3.63) is 35.4 Å². The van der Waals surface area contributed by atoms with Crippen LogP contribution in [-0.4, -0.2) is 35.1 Å². The SMILES string of the molecule is N#CC1(c2ccc(C(=O)N3CC[C@@H](O)C3)cc2)CC1. The minimum absolute atomic E-state index is 0.0371. The molecule has 4 nitrogen and oxygen atoms in total. The number of likely N-dealkylation sites (tertiary alicyclic amines) is 1. The minimum atomic E-state index is -0.392. The number of nitrogens with zero attached hydrogens (tertiary/aromatic N) is 2. The van der Waals surface area contributed by atoms with Crippen molar-refractivity contribution in [2.45, 2.75) is 30.8 Å². The van der Waals surface area contributed by atoms with Crippen LogP contribution in [0.1, 0.15) is 35.2 Å². The number of carbonyl (C=O) groups excluding carboxylic acids is 1. The maximum absolute atomic E-state index is 12.2. The van der Waals surface area contributed by atoms with Gasteiger partial charge in [-0.15, -0.1) is 0 Å². The number of carbonyl (C=O) groups is 1. The molecule has 1 aromatic carbocycles. The van der Waals surface area contributed by atoms with Gasteiger partial charge in [0.2, 0.25) is 0 Å². The standard InChI is InChI=1S/C15H16N2O2/c16-10-15(6-7-15)12-3-1-11(2-4-12)14(19)17-8-5-13(18)9-17/h1-4,13,18H,5-9H2/t13-/m1/s1. The third-order valence-electron chi connectivity index (χ3n) is 4.10. The summed E-state index contributed by atoms with van der Waals surface area (Å²) in [6, 6.07) is 9.70. The molecule has 3 rings (SSSR count). The van der Waals surface area contributed by atoms with Gasteiger partial charge in [0.15, 0.2) is 0 Å². The van der Waals surface area contributed by atoms with E-state index in [1.807, 2.05) is 12.1 Å². The van der Waals surface area contributed by atoms with Crippen LogP contribution in [0.15, 0.2) is 24.3 Å². The summed E-state index contributed by atoms with van der Waals surface area (Å²) >= 11 is 0. The van der Waals surface area contributed by atoms with Gasteiger partial charge in [0.05, 0.1) is 17.6 Å². The van der Waals surface area contributed by atoms with E-state index < -0.39 is 6.10 Å². The van der Waals surface area contributed by atoms with Crippen molar-refractivity contribution in [2.75, 3.05) is 13.1 Å². The molecule has 2 fully saturated rings. The molecular formula is C15H16N2O2. The number of benzene rings is 1. The van der Waals surface area contributed by atoms with Crippen LogP contribution in [-0.2, 0) is 5.41 Å². The molecule has 19 heavy (non-hydrogen) atoms. The predicted octanol–water partition coefficient (Wildman–Crippen LogP) is 1.45. The van der Waals surface area contributed by atoms with Crippen molar-refractivity contribution in [1.29, 1.82) is 5.26 Å². The van der Waals surface area contributed by atoms with Crippen LogP contribution in [0.25, 0.3) is 0 Å². The lowest BCUT2D eigenvalue weighted by Crippen LogP contribution is -2.29. The van der Waals surface area contributed by atoms with E-state index in [0.717, 1.165) is 18.4 Å². The third kappa shape index (κ3) is 2.11. The van der Waals surface area contributed by atoms with Gasteiger partial charge in [-0.3, -0.25) is 4.79 Å². The highest BCUT2D eigenvalue weighted by Gasteiger charge is 2.44. The molecule has 1 saturated heterocycles. The van der Waals surface area contributed by atoms with E-state index in [2.05, 4.69) is 6.07 Å². The number of rotatable bonds is 2. The number of hydrogen-bond acceptors (Lipinski definition) is 3. The van der Waals surface area contributed by atoms with Crippen molar-refractivity contribution in [3.8, 4) is 6.07 Å². The molecule has 2 aliphatic rings. The van der Waals surface area contributed by atoms with Gasteiger partial charge in [-0.1, -0.05) is 12.1 Å². The largest absolute Gasteiger partial charge is 0.391 e. The van der Waals surface area contributed by atoms with Crippen LogP contribution in [0, 0.1) is 11.3 Å². The minimum Gasteiger partial charge on any atom is -0.391 e. The van der Waals surface area contributed by atoms with Crippen LogP contribution < -0.4 is 0 Å². The number of nitriles is 1. The third-order valence-corrected chi connectivity index (χ3v) is 4.10. The Labute approximate surface area is 112 Å². The van der Waals surface area contributed by atoms with Gasteiger partial charge >= 0.3 is 0 Å². The maximum atomic E-state index is 12.2. The number of aliphatic hydroxyl groups is 1. The van der Waals surface area contributed by atoms with Gasteiger partial charge in [0.1, 0.15) is 0 Å². The molecule has 1 aliphatic heterocycles. The van der Waals surface area contributed by atoms with Gasteiger partial charge in [-0.25, -0.2) is 0 Å². The lowest BCUT2D eigenvalue weighted by Gasteiger charge is -2.16. The highest BCUT2D eigenvalue weighted by Crippen LogP contribution is 2.47. The topological polar surface area (TPSA) is 64.3 Å². The highest BCUT2D eigenvalue weighted by molar-refractivity contribution is 5.94. The van der Waals surface area contributed by atoms with Crippen molar-refractivity contribution in [1.82, 2.24) is 4.90 Å². The summed E-state index contributed by atoms with van der Waals surface area (Å²) in [6.07, 6.45) is 2.09. The fourth-order valence-corrected chi connectivity index (χ4v) is 2.63. The Morgan fingerprint density at radius 3 is 2.53 bits per heavy atom. The van der Waals surface area contributed by atoms with Gasteiger partial charge in [0.25, 0.3) is 5.91 Å². The molecule has 1 amide bonds. The van der Waals surface area contributed by atoms with Crippen molar-refractivity contribution < 1.29 is 9.90 Å². The van der Waals surface area contributed by atoms with E-state index in [0.29, 0.717) is 25.1 Å². The maximum Gasteiger partial charge on any atom is 0.253 e. The lowest BCUT2D eigenvalue weighted by molar-refractivity contribution is 0.0765. The molecule has 1 atom stereocenters. The Kier molecular flexibility index (Phi) is 2.79. The molecule has 0 unspecified atom stereocenters. The zero-order valence-corrected chi connectivity index (χ0v) is 10.7. The molecule has 0 radical (unpaired) electrons. The van der Waals surface area contributed by atoms with E-state index >= 15 is 0 Å². The summed E-state index contributed by atoms with van der Waals surface area (Å²) in [5.41, 5.74) is 1.34. The Morgan fingerprint density at radius 1 is 1.37 bits per heavy atom. The Morgan fingerprint density at radius 2 is 2.05 bits per heavy atom. The quantitative estimate of drug-likeness (QED) is 0.871. The van der Waals surface area contributed by atoms with E-state index in [-0.39, 0.29) is 11.3 Å². The second kappa shape index (κ2) is 4.36. The van der Waals surface area contributed by atoms with E-state index in [1.54, 1.807) is 17.0 Å². The number of β-amino-alcohol motifs (C(OH)–C–C–N with tert-alkyl or cyclic N) is 1. The zero-order valence-electron chi connectivity index (χ0n) is 10.7. The van der Waals surface area contributed by atoms with Gasteiger partial charge in [0, 0.05) is 18.7 Å². The van der Waals surface area contributed by atoms with Gasteiger partial charge < -0.3 is 10.0 Å². The molecule has 1 N–H and O–H groups in total. The fourth-order valence-electron chi connectivity index (χ4n) is 2.63. The zero-order chi connectivity index (χ0) is 13.5. The molecular weight excluding hydrogens is 240 g/mol. The van der Waals surface area contributed by atoms with Crippen molar-refractivity contribution in [2.24, 2.45) is 0 Å². The molecule has 0 spiro atoms. The first-order chi connectivity index (χ1) is 9.14. The normalized spacial score (nSPS) is 24.0. The molecule has 1 heterocycles. The summed E-state index contributed by atoms with van der Waals surface area (Å²) in [7, 11) is 0. The second-order valence-electron chi connectivity index (χ2n) is 5.46. The summed E-state index contributed by atoms with van der Waals surface area (Å²) < 4.78 is 0. The van der Waals surface area contributed by atoms with Gasteiger partial charge in [-0.2, -0.15) is 5.26 Å². The van der Waals surface area contributed by atoms with Crippen LogP contribution >= 0.6 is 0 Å². The average molecular weight is 256 g/mol. The first-order valence-corrected chi connectivity index (χ1v) is 6.64. The monoisotopic (exact) mass is 256 g/mol. The van der Waals surface area contributed by atoms with E-state index in [1.165, 1.54) is 0 Å². The summed E-state index contributed by atoms with van der Waals surface area (Å²) in [5, 5.41) is 18.6. The van der Waals surface area contributed by atoms with E-state index in [9.17, 15) is 9.90 Å². The lowest BCUT2D eigenvalue weighted by atomic mass is 9.96. The fraction of sp³-hybridized carbons (Fsp3) is 0.467. The smallest absolute Gasteiger partial charge is 0.253 e. The average Bonchev–Trinajstić information content (AvgIpc) is 3.14. The number of amides is 1. The second-order valence-corrected chi connectivity index (χ2v) is 5.46. The predicted molar refractivity (Wildman–Crippen MR) is 69.5 cm³/mol. The van der Waals surface area contributed by atoms with Crippen LogP contribution in [0.3, 0.4) is 0 Å². The Bertz CT molecular complexity index is 540. The highest BCUT2D eigenvalue weighted by atomic mass is 16.3. The van der Waals surface area contributed by atoms with Crippen LogP contribution in [0.2, 0.25) is 0 Å². The first-order valence-electron chi connectivity index (χ1n) is 6.64. The molecule has 98 valence electrons. The van der Waals surface area contributed by atoms with Gasteiger partial charge in [-0.05, 0) is 37.0 Å². The Hall–Kier alpha value is -1.86. The van der Waals surface area contributed by atoms with E-state index in [4.69, 9.17) is 5.26 Å². The molecule has 4 heteroatoms. The number of aliphatic hydroxyl groups excluding tert-OH is 1.